The number of alkyl halides is 3. The normalized spacial score (nSPS) is 17.7. The predicted molar refractivity (Wildman–Crippen MR) is 102 cm³/mol. The van der Waals surface area contributed by atoms with Gasteiger partial charge in [-0.1, -0.05) is 12.1 Å². The Balaban J connectivity index is 1.69. The van der Waals surface area contributed by atoms with E-state index >= 15 is 0 Å². The van der Waals surface area contributed by atoms with Gasteiger partial charge in [-0.3, -0.25) is 19.0 Å². The number of halogens is 3. The largest absolute Gasteiger partial charge is 0.414 e. The first-order chi connectivity index (χ1) is 14.8. The van der Waals surface area contributed by atoms with Crippen LogP contribution in [-0.4, -0.2) is 61.6 Å². The van der Waals surface area contributed by atoms with Crippen LogP contribution in [0.15, 0.2) is 48.8 Å². The third-order valence-corrected chi connectivity index (χ3v) is 4.99. The fourth-order valence-electron chi connectivity index (χ4n) is 3.49. The Hall–Kier alpha value is -3.47. The van der Waals surface area contributed by atoms with E-state index in [1.54, 1.807) is 12.1 Å². The Morgan fingerprint density at radius 1 is 1.19 bits per heavy atom. The maximum absolute atomic E-state index is 13.6. The number of carbonyl (C=O) groups is 2. The molecule has 31 heavy (non-hydrogen) atoms. The average molecular weight is 433 g/mol. The van der Waals surface area contributed by atoms with Crippen molar-refractivity contribution in [3.8, 4) is 0 Å². The van der Waals surface area contributed by atoms with Gasteiger partial charge in [0.2, 0.25) is 5.82 Å². The average Bonchev–Trinajstić information content (AvgIpc) is 3.35. The standard InChI is InChI=1S/C20H18F3N5O3/c21-20(22,23)16(13-5-1-3-8-24-13)26-18(30)15-14-6-2-4-9-28(14)17(25-15)19(31)27-10-7-12(29)11-27/h1-6,8-9,12,16,29H,7,10-11H2,(H,26,30)/t12-,16?/m0/s1. The minimum absolute atomic E-state index is 0.115. The van der Waals surface area contributed by atoms with Gasteiger partial charge in [0.05, 0.1) is 17.3 Å². The molecular formula is C20H18F3N5O3. The third kappa shape index (κ3) is 4.08. The summed E-state index contributed by atoms with van der Waals surface area (Å²) in [5.74, 6) is -1.72. The van der Waals surface area contributed by atoms with Crippen LogP contribution in [-0.2, 0) is 0 Å². The number of nitrogens with one attached hydrogen (secondary N) is 1. The van der Waals surface area contributed by atoms with Crippen molar-refractivity contribution >= 4 is 17.3 Å². The number of rotatable bonds is 4. The molecule has 0 saturated carbocycles. The number of aromatic nitrogens is 3. The molecule has 0 spiro atoms. The highest BCUT2D eigenvalue weighted by molar-refractivity contribution is 6.02. The van der Waals surface area contributed by atoms with Crippen molar-refractivity contribution in [2.45, 2.75) is 24.7 Å². The number of imidazole rings is 1. The van der Waals surface area contributed by atoms with E-state index in [-0.39, 0.29) is 29.3 Å². The summed E-state index contributed by atoms with van der Waals surface area (Å²) in [5.41, 5.74) is -0.492. The van der Waals surface area contributed by atoms with Crippen molar-refractivity contribution in [3.05, 3.63) is 66.0 Å². The summed E-state index contributed by atoms with van der Waals surface area (Å²) in [6, 6.07) is 6.36. The fourth-order valence-corrected chi connectivity index (χ4v) is 3.49. The number of hydrogen-bond acceptors (Lipinski definition) is 5. The number of likely N-dealkylation sites (tertiary alicyclic amines) is 1. The van der Waals surface area contributed by atoms with E-state index in [1.165, 1.54) is 39.9 Å². The fraction of sp³-hybridized carbons (Fsp3) is 0.300. The van der Waals surface area contributed by atoms with Crippen molar-refractivity contribution in [2.24, 2.45) is 0 Å². The SMILES string of the molecule is O=C(NC(c1ccccn1)C(F)(F)F)c1nc(C(=O)N2CC[C@H](O)C2)n2ccccc12. The first-order valence-corrected chi connectivity index (χ1v) is 9.48. The van der Waals surface area contributed by atoms with E-state index in [4.69, 9.17) is 0 Å². The summed E-state index contributed by atoms with van der Waals surface area (Å²) in [5, 5.41) is 11.6. The number of aliphatic hydroxyl groups is 1. The summed E-state index contributed by atoms with van der Waals surface area (Å²) in [6.07, 6.45) is -2.32. The molecule has 4 rings (SSSR count). The van der Waals surface area contributed by atoms with Crippen LogP contribution in [0, 0.1) is 0 Å². The molecule has 2 amide bonds. The van der Waals surface area contributed by atoms with E-state index in [0.29, 0.717) is 13.0 Å². The molecule has 0 aromatic carbocycles. The van der Waals surface area contributed by atoms with Gasteiger partial charge in [-0.05, 0) is 30.7 Å². The number of amides is 2. The molecule has 4 heterocycles. The second-order valence-corrected chi connectivity index (χ2v) is 7.14. The first-order valence-electron chi connectivity index (χ1n) is 9.48. The lowest BCUT2D eigenvalue weighted by Gasteiger charge is -2.20. The van der Waals surface area contributed by atoms with Crippen LogP contribution in [0.3, 0.4) is 0 Å². The minimum Gasteiger partial charge on any atom is -0.391 e. The maximum atomic E-state index is 13.6. The summed E-state index contributed by atoms with van der Waals surface area (Å²) < 4.78 is 42.2. The monoisotopic (exact) mass is 433 g/mol. The second-order valence-electron chi connectivity index (χ2n) is 7.14. The van der Waals surface area contributed by atoms with Crippen molar-refractivity contribution in [2.75, 3.05) is 13.1 Å². The number of nitrogens with zero attached hydrogens (tertiary/aromatic N) is 4. The second kappa shape index (κ2) is 7.99. The van der Waals surface area contributed by atoms with Gasteiger partial charge < -0.3 is 15.3 Å². The molecule has 0 bridgehead atoms. The summed E-state index contributed by atoms with van der Waals surface area (Å²) in [7, 11) is 0. The molecule has 11 heteroatoms. The van der Waals surface area contributed by atoms with Crippen LogP contribution in [0.2, 0.25) is 0 Å². The van der Waals surface area contributed by atoms with Crippen LogP contribution in [0.1, 0.15) is 39.3 Å². The van der Waals surface area contributed by atoms with E-state index in [9.17, 15) is 27.9 Å². The van der Waals surface area contributed by atoms with Crippen molar-refractivity contribution in [1.82, 2.24) is 24.6 Å². The van der Waals surface area contributed by atoms with E-state index in [1.807, 2.05) is 5.32 Å². The Labute approximate surface area is 174 Å². The van der Waals surface area contributed by atoms with Gasteiger partial charge in [-0.2, -0.15) is 13.2 Å². The van der Waals surface area contributed by atoms with E-state index in [2.05, 4.69) is 9.97 Å². The highest BCUT2D eigenvalue weighted by atomic mass is 19.4. The van der Waals surface area contributed by atoms with Gasteiger partial charge >= 0.3 is 6.18 Å². The molecule has 0 radical (unpaired) electrons. The minimum atomic E-state index is -4.79. The van der Waals surface area contributed by atoms with Gasteiger partial charge in [0.1, 0.15) is 0 Å². The molecule has 162 valence electrons. The lowest BCUT2D eigenvalue weighted by Crippen LogP contribution is -2.39. The van der Waals surface area contributed by atoms with Crippen molar-refractivity contribution in [1.29, 1.82) is 0 Å². The number of fused-ring (bicyclic) bond motifs is 1. The molecule has 1 fully saturated rings. The van der Waals surface area contributed by atoms with E-state index < -0.39 is 30.1 Å². The number of pyridine rings is 2. The predicted octanol–water partition coefficient (Wildman–Crippen LogP) is 1.97. The summed E-state index contributed by atoms with van der Waals surface area (Å²) in [6.45, 7) is 0.442. The molecule has 1 aliphatic heterocycles. The zero-order valence-corrected chi connectivity index (χ0v) is 16.1. The van der Waals surface area contributed by atoms with Crippen LogP contribution in [0.4, 0.5) is 13.2 Å². The van der Waals surface area contributed by atoms with Crippen LogP contribution < -0.4 is 5.32 Å². The van der Waals surface area contributed by atoms with Gasteiger partial charge in [0, 0.05) is 25.5 Å². The zero-order valence-electron chi connectivity index (χ0n) is 16.1. The Morgan fingerprint density at radius 2 is 1.97 bits per heavy atom. The Morgan fingerprint density at radius 3 is 2.61 bits per heavy atom. The number of aliphatic hydroxyl groups excluding tert-OH is 1. The molecule has 3 aromatic rings. The molecule has 8 nitrogen and oxygen atoms in total. The topological polar surface area (TPSA) is 99.8 Å². The van der Waals surface area contributed by atoms with Crippen LogP contribution >= 0.6 is 0 Å². The van der Waals surface area contributed by atoms with Crippen molar-refractivity contribution in [3.63, 3.8) is 0 Å². The first kappa shape index (κ1) is 20.8. The molecule has 1 aliphatic rings. The molecule has 1 saturated heterocycles. The quantitative estimate of drug-likeness (QED) is 0.656. The molecule has 2 N–H and O–H groups in total. The molecule has 3 aromatic heterocycles. The smallest absolute Gasteiger partial charge is 0.391 e. The number of hydrogen-bond donors (Lipinski definition) is 2. The highest BCUT2D eigenvalue weighted by Crippen LogP contribution is 2.32. The van der Waals surface area contributed by atoms with Crippen molar-refractivity contribution < 1.29 is 27.9 Å². The highest BCUT2D eigenvalue weighted by Gasteiger charge is 2.43. The Kier molecular flexibility index (Phi) is 5.36. The van der Waals surface area contributed by atoms with Gasteiger partial charge in [-0.15, -0.1) is 0 Å². The molecular weight excluding hydrogens is 415 g/mol. The van der Waals surface area contributed by atoms with Gasteiger partial charge in [-0.25, -0.2) is 4.98 Å². The summed E-state index contributed by atoms with van der Waals surface area (Å²) in [4.78, 5) is 34.8. The van der Waals surface area contributed by atoms with Gasteiger partial charge in [0.15, 0.2) is 11.7 Å². The molecule has 2 atom stereocenters. The Bertz CT molecular complexity index is 1120. The van der Waals surface area contributed by atoms with Crippen LogP contribution in [0.5, 0.6) is 0 Å². The lowest BCUT2D eigenvalue weighted by molar-refractivity contribution is -0.156. The molecule has 1 unspecified atom stereocenters. The summed E-state index contributed by atoms with van der Waals surface area (Å²) >= 11 is 0. The maximum Gasteiger partial charge on any atom is 0.414 e. The number of carbonyl (C=O) groups excluding carboxylic acids is 2. The lowest BCUT2D eigenvalue weighted by atomic mass is 10.1. The van der Waals surface area contributed by atoms with E-state index in [0.717, 1.165) is 6.07 Å². The molecule has 0 aliphatic carbocycles. The number of β-amino-alcohol motifs (C(OH)–C–C–N with tert-alkyl or cyclic N) is 1. The zero-order chi connectivity index (χ0) is 22.2. The van der Waals surface area contributed by atoms with Gasteiger partial charge in [0.25, 0.3) is 11.8 Å². The third-order valence-electron chi connectivity index (χ3n) is 4.99. The van der Waals surface area contributed by atoms with Crippen LogP contribution in [0.25, 0.3) is 5.52 Å².